The Kier molecular flexibility index (Phi) is 4.33. The zero-order valence-corrected chi connectivity index (χ0v) is 11.9. The number of ether oxygens (including phenoxy) is 1. The molecule has 1 aromatic rings. The number of nitro groups is 1. The van der Waals surface area contributed by atoms with Crippen LogP contribution < -0.4 is 4.90 Å². The molecule has 0 amide bonds. The van der Waals surface area contributed by atoms with Gasteiger partial charge in [0.15, 0.2) is 0 Å². The molecule has 7 nitrogen and oxygen atoms in total. The van der Waals surface area contributed by atoms with Crippen molar-refractivity contribution in [3.8, 4) is 0 Å². The number of halogens is 1. The van der Waals surface area contributed by atoms with Gasteiger partial charge in [-0.25, -0.2) is 0 Å². The Hall–Kier alpha value is -1.25. The quantitative estimate of drug-likeness (QED) is 0.664. The minimum Gasteiger partial charge on any atom is -0.394 e. The van der Waals surface area contributed by atoms with Crippen LogP contribution in [0, 0.1) is 10.1 Å². The van der Waals surface area contributed by atoms with Gasteiger partial charge in [0.1, 0.15) is 11.9 Å². The van der Waals surface area contributed by atoms with Crippen LogP contribution in [0.2, 0.25) is 0 Å². The summed E-state index contributed by atoms with van der Waals surface area (Å²) < 4.78 is 6.00. The van der Waals surface area contributed by atoms with Crippen molar-refractivity contribution in [2.45, 2.75) is 19.1 Å². The molecule has 104 valence electrons. The molecule has 0 aliphatic carbocycles. The predicted molar refractivity (Wildman–Crippen MR) is 72.2 cm³/mol. The lowest BCUT2D eigenvalue weighted by Crippen LogP contribution is -2.50. The van der Waals surface area contributed by atoms with Crippen molar-refractivity contribution in [3.63, 3.8) is 0 Å². The smallest absolute Gasteiger partial charge is 0.311 e. The van der Waals surface area contributed by atoms with E-state index in [0.717, 1.165) is 0 Å². The van der Waals surface area contributed by atoms with Crippen LogP contribution in [-0.2, 0) is 4.74 Å². The molecule has 0 bridgehead atoms. The normalized spacial score (nSPS) is 23.4. The number of pyridine rings is 1. The zero-order chi connectivity index (χ0) is 14.0. The highest BCUT2D eigenvalue weighted by atomic mass is 79.9. The van der Waals surface area contributed by atoms with E-state index in [1.165, 1.54) is 12.4 Å². The Morgan fingerprint density at radius 1 is 1.68 bits per heavy atom. The number of aliphatic hydroxyl groups is 1. The highest BCUT2D eigenvalue weighted by Gasteiger charge is 2.32. The summed E-state index contributed by atoms with van der Waals surface area (Å²) in [5.74, 6) is 0. The highest BCUT2D eigenvalue weighted by molar-refractivity contribution is 9.10. The van der Waals surface area contributed by atoms with Crippen LogP contribution in [0.15, 0.2) is 16.9 Å². The third kappa shape index (κ3) is 2.85. The fourth-order valence-corrected chi connectivity index (χ4v) is 2.62. The molecular formula is C11H14BrN3O4. The van der Waals surface area contributed by atoms with Gasteiger partial charge in [0, 0.05) is 18.8 Å². The topological polar surface area (TPSA) is 88.7 Å². The van der Waals surface area contributed by atoms with Gasteiger partial charge >= 0.3 is 5.69 Å². The second-order valence-corrected chi connectivity index (χ2v) is 5.24. The number of nitrogens with zero attached hydrogens (tertiary/aromatic N) is 3. The molecule has 0 spiro atoms. The minimum atomic E-state index is -0.455. The summed E-state index contributed by atoms with van der Waals surface area (Å²) in [6, 6.07) is -0.0137. The molecule has 1 N–H and O–H groups in total. The first-order valence-electron chi connectivity index (χ1n) is 5.81. The van der Waals surface area contributed by atoms with Gasteiger partial charge in [-0.15, -0.1) is 0 Å². The number of aliphatic hydroxyl groups excluding tert-OH is 1. The molecule has 8 heteroatoms. The second-order valence-electron chi connectivity index (χ2n) is 4.39. The summed E-state index contributed by atoms with van der Waals surface area (Å²) in [6.45, 7) is 2.63. The summed E-state index contributed by atoms with van der Waals surface area (Å²) in [5, 5.41) is 20.3. The molecule has 0 saturated carbocycles. The molecule has 2 atom stereocenters. The molecule has 0 aromatic carbocycles. The molecular weight excluding hydrogens is 318 g/mol. The van der Waals surface area contributed by atoms with Crippen LogP contribution in [0.5, 0.6) is 0 Å². The molecule has 0 radical (unpaired) electrons. The van der Waals surface area contributed by atoms with Crippen LogP contribution in [0.4, 0.5) is 11.4 Å². The molecule has 1 aliphatic heterocycles. The van der Waals surface area contributed by atoms with Gasteiger partial charge in [0.05, 0.1) is 28.7 Å². The van der Waals surface area contributed by atoms with E-state index in [2.05, 4.69) is 20.9 Å². The van der Waals surface area contributed by atoms with Crippen LogP contribution in [-0.4, -0.2) is 46.9 Å². The van der Waals surface area contributed by atoms with Gasteiger partial charge in [-0.1, -0.05) is 0 Å². The van der Waals surface area contributed by atoms with Crippen molar-refractivity contribution in [2.75, 3.05) is 24.7 Å². The van der Waals surface area contributed by atoms with E-state index in [4.69, 9.17) is 4.74 Å². The largest absolute Gasteiger partial charge is 0.394 e. The van der Waals surface area contributed by atoms with E-state index in [9.17, 15) is 15.2 Å². The van der Waals surface area contributed by atoms with Gasteiger partial charge < -0.3 is 14.7 Å². The average molecular weight is 332 g/mol. The van der Waals surface area contributed by atoms with Gasteiger partial charge in [-0.05, 0) is 22.9 Å². The Morgan fingerprint density at radius 3 is 3.05 bits per heavy atom. The Bertz CT molecular complexity index is 485. The first-order valence-corrected chi connectivity index (χ1v) is 6.61. The zero-order valence-electron chi connectivity index (χ0n) is 10.3. The maximum Gasteiger partial charge on any atom is 0.311 e. The lowest BCUT2D eigenvalue weighted by atomic mass is 10.1. The van der Waals surface area contributed by atoms with Gasteiger partial charge in [0.2, 0.25) is 0 Å². The number of anilines is 1. The molecule has 2 heterocycles. The third-order valence-electron chi connectivity index (χ3n) is 3.05. The molecule has 2 rings (SSSR count). The fraction of sp³-hybridized carbons (Fsp3) is 0.545. The third-order valence-corrected chi connectivity index (χ3v) is 3.63. The van der Waals surface area contributed by atoms with Gasteiger partial charge in [0.25, 0.3) is 0 Å². The lowest BCUT2D eigenvalue weighted by molar-refractivity contribution is -0.384. The van der Waals surface area contributed by atoms with Crippen molar-refractivity contribution in [2.24, 2.45) is 0 Å². The summed E-state index contributed by atoms with van der Waals surface area (Å²) in [4.78, 5) is 16.4. The average Bonchev–Trinajstić information content (AvgIpc) is 2.39. The van der Waals surface area contributed by atoms with Crippen molar-refractivity contribution in [1.82, 2.24) is 4.98 Å². The number of hydrogen-bond donors (Lipinski definition) is 1. The number of rotatable bonds is 3. The summed E-state index contributed by atoms with van der Waals surface area (Å²) in [7, 11) is 0. The van der Waals surface area contributed by atoms with Crippen molar-refractivity contribution in [3.05, 3.63) is 27.0 Å². The first-order chi connectivity index (χ1) is 9.04. The van der Waals surface area contributed by atoms with E-state index in [1.54, 1.807) is 0 Å². The Morgan fingerprint density at radius 2 is 2.42 bits per heavy atom. The number of hydrogen-bond acceptors (Lipinski definition) is 6. The summed E-state index contributed by atoms with van der Waals surface area (Å²) in [6.07, 6.45) is 2.42. The Balaban J connectivity index is 2.41. The van der Waals surface area contributed by atoms with Crippen LogP contribution >= 0.6 is 15.9 Å². The molecule has 1 aliphatic rings. The predicted octanol–water partition coefficient (Wildman–Crippen LogP) is 1.34. The Labute approximate surface area is 118 Å². The van der Waals surface area contributed by atoms with Gasteiger partial charge in [-0.3, -0.25) is 15.1 Å². The lowest BCUT2D eigenvalue weighted by Gasteiger charge is -2.38. The van der Waals surface area contributed by atoms with E-state index in [0.29, 0.717) is 23.3 Å². The first kappa shape index (κ1) is 14.2. The molecule has 19 heavy (non-hydrogen) atoms. The van der Waals surface area contributed by atoms with Crippen molar-refractivity contribution >= 4 is 27.3 Å². The van der Waals surface area contributed by atoms with Crippen LogP contribution in [0.3, 0.4) is 0 Å². The number of morpholine rings is 1. The summed E-state index contributed by atoms with van der Waals surface area (Å²) in [5.41, 5.74) is 0.425. The van der Waals surface area contributed by atoms with Crippen molar-refractivity contribution < 1.29 is 14.8 Å². The second kappa shape index (κ2) is 5.81. The van der Waals surface area contributed by atoms with E-state index < -0.39 is 4.92 Å². The maximum absolute atomic E-state index is 11.1. The van der Waals surface area contributed by atoms with E-state index in [1.807, 2.05) is 11.8 Å². The summed E-state index contributed by atoms with van der Waals surface area (Å²) >= 11 is 3.31. The van der Waals surface area contributed by atoms with Crippen LogP contribution in [0.1, 0.15) is 6.92 Å². The van der Waals surface area contributed by atoms with Crippen LogP contribution in [0.25, 0.3) is 0 Å². The van der Waals surface area contributed by atoms with E-state index in [-0.39, 0.29) is 24.4 Å². The maximum atomic E-state index is 11.1. The minimum absolute atomic E-state index is 0.0137. The molecule has 1 saturated heterocycles. The monoisotopic (exact) mass is 331 g/mol. The molecule has 1 fully saturated rings. The molecule has 2 unspecified atom stereocenters. The SMILES string of the molecule is CC1COC(CO)CN1c1c(Br)cncc1[N+](=O)[O-]. The molecule has 1 aromatic heterocycles. The fourth-order valence-electron chi connectivity index (χ4n) is 2.08. The van der Waals surface area contributed by atoms with E-state index >= 15 is 0 Å². The van der Waals surface area contributed by atoms with Crippen molar-refractivity contribution in [1.29, 1.82) is 0 Å². The standard InChI is InChI=1S/C11H14BrN3O4/c1-7-6-19-8(5-16)4-14(7)11-9(12)2-13-3-10(11)15(17)18/h2-3,7-8,16H,4-6H2,1H3. The van der Waals surface area contributed by atoms with Gasteiger partial charge in [-0.2, -0.15) is 0 Å². The highest BCUT2D eigenvalue weighted by Crippen LogP contribution is 2.37. The number of aromatic nitrogens is 1.